The number of nitrogens with one attached hydrogen (secondary N) is 1. The van der Waals surface area contributed by atoms with Crippen LogP contribution in [0.3, 0.4) is 0 Å². The van der Waals surface area contributed by atoms with Crippen molar-refractivity contribution in [3.05, 3.63) is 58.4 Å². The van der Waals surface area contributed by atoms with E-state index in [-0.39, 0.29) is 21.8 Å². The van der Waals surface area contributed by atoms with Crippen LogP contribution in [0.25, 0.3) is 0 Å². The quantitative estimate of drug-likeness (QED) is 0.675. The Labute approximate surface area is 125 Å². The van der Waals surface area contributed by atoms with Crippen molar-refractivity contribution in [3.8, 4) is 0 Å². The number of carbonyl (C=O) groups excluding carboxylic acids is 1. The number of sulfone groups is 1. The summed E-state index contributed by atoms with van der Waals surface area (Å²) in [6.45, 7) is 0. The highest BCUT2D eigenvalue weighted by Gasteiger charge is 2.21. The highest BCUT2D eigenvalue weighted by molar-refractivity contribution is 7.90. The first-order valence-corrected chi connectivity index (χ1v) is 7.88. The maximum atomic E-state index is 12.2. The van der Waals surface area contributed by atoms with Crippen LogP contribution in [0.5, 0.6) is 0 Å². The second kappa shape index (κ2) is 5.90. The number of carbonyl (C=O) groups is 1. The van der Waals surface area contributed by atoms with Crippen LogP contribution < -0.4 is 5.32 Å². The van der Waals surface area contributed by atoms with Gasteiger partial charge in [0.15, 0.2) is 9.84 Å². The summed E-state index contributed by atoms with van der Waals surface area (Å²) in [5, 5.41) is 13.2. The van der Waals surface area contributed by atoms with Gasteiger partial charge in [0, 0.05) is 12.5 Å². The van der Waals surface area contributed by atoms with Crippen molar-refractivity contribution < 1.29 is 18.1 Å². The smallest absolute Gasteiger partial charge is 0.310 e. The second-order valence-corrected chi connectivity index (χ2v) is 6.36. The molecule has 0 aliphatic heterocycles. The number of amides is 1. The number of nitrogens with zero attached hydrogens (tertiary/aromatic N) is 2. The van der Waals surface area contributed by atoms with E-state index in [1.165, 1.54) is 36.5 Å². The molecule has 0 aliphatic carbocycles. The average Bonchev–Trinajstić information content (AvgIpc) is 2.46. The summed E-state index contributed by atoms with van der Waals surface area (Å²) in [6, 6.07) is 6.88. The van der Waals surface area contributed by atoms with Gasteiger partial charge in [-0.15, -0.1) is 0 Å². The molecule has 0 radical (unpaired) electrons. The van der Waals surface area contributed by atoms with Gasteiger partial charge in [-0.3, -0.25) is 19.9 Å². The molecule has 0 aliphatic rings. The van der Waals surface area contributed by atoms with Crippen LogP contribution in [0.2, 0.25) is 0 Å². The molecular formula is C13H11N3O5S. The third-order valence-electron chi connectivity index (χ3n) is 2.78. The Hall–Kier alpha value is -2.81. The van der Waals surface area contributed by atoms with Gasteiger partial charge in [-0.2, -0.15) is 0 Å². The average molecular weight is 321 g/mol. The fraction of sp³-hybridized carbons (Fsp3) is 0.0769. The summed E-state index contributed by atoms with van der Waals surface area (Å²) in [5.74, 6) is -0.754. The Morgan fingerprint density at radius 1 is 1.27 bits per heavy atom. The van der Waals surface area contributed by atoms with Crippen LogP contribution in [-0.2, 0) is 9.84 Å². The van der Waals surface area contributed by atoms with Gasteiger partial charge in [0.05, 0.1) is 15.4 Å². The maximum Gasteiger partial charge on any atom is 0.310 e. The molecule has 2 rings (SSSR count). The van der Waals surface area contributed by atoms with Gasteiger partial charge in [0.2, 0.25) is 0 Å². The van der Waals surface area contributed by atoms with Crippen LogP contribution in [0.15, 0.2) is 47.6 Å². The third-order valence-corrected chi connectivity index (χ3v) is 3.93. The first-order chi connectivity index (χ1) is 10.3. The minimum Gasteiger partial charge on any atom is -0.316 e. The van der Waals surface area contributed by atoms with Crippen LogP contribution in [0, 0.1) is 10.1 Å². The van der Waals surface area contributed by atoms with Crippen molar-refractivity contribution in [2.24, 2.45) is 0 Å². The van der Waals surface area contributed by atoms with Gasteiger partial charge in [-0.05, 0) is 18.2 Å². The Bertz CT molecular complexity index is 848. The Morgan fingerprint density at radius 3 is 2.59 bits per heavy atom. The highest BCUT2D eigenvalue weighted by Crippen LogP contribution is 2.24. The Kier molecular flexibility index (Phi) is 4.18. The van der Waals surface area contributed by atoms with E-state index in [1.807, 2.05) is 0 Å². The van der Waals surface area contributed by atoms with E-state index in [1.54, 1.807) is 0 Å². The van der Waals surface area contributed by atoms with E-state index in [0.29, 0.717) is 0 Å². The molecule has 1 heterocycles. The molecule has 0 saturated heterocycles. The number of anilines is 1. The van der Waals surface area contributed by atoms with Gasteiger partial charge in [0.1, 0.15) is 11.9 Å². The number of rotatable bonds is 4. The topological polar surface area (TPSA) is 119 Å². The van der Waals surface area contributed by atoms with Crippen LogP contribution >= 0.6 is 0 Å². The first kappa shape index (κ1) is 15.6. The molecule has 0 bridgehead atoms. The number of pyridine rings is 1. The number of aromatic nitrogens is 1. The summed E-state index contributed by atoms with van der Waals surface area (Å²) in [5.41, 5.74) is -0.530. The minimum atomic E-state index is -3.60. The number of benzene rings is 1. The van der Waals surface area contributed by atoms with E-state index in [9.17, 15) is 23.3 Å². The predicted molar refractivity (Wildman–Crippen MR) is 78.4 cm³/mol. The molecule has 0 unspecified atom stereocenters. The molecule has 22 heavy (non-hydrogen) atoms. The maximum absolute atomic E-state index is 12.2. The van der Waals surface area contributed by atoms with Crippen LogP contribution in [0.1, 0.15) is 10.4 Å². The molecule has 114 valence electrons. The Morgan fingerprint density at radius 2 is 1.95 bits per heavy atom. The second-order valence-electron chi connectivity index (χ2n) is 4.37. The SMILES string of the molecule is CS(=O)(=O)c1ccccc1C(=O)Nc1ccncc1[N+](=O)[O-]. The standard InChI is InChI=1S/C13H11N3O5S/c1-22(20,21)12-5-3-2-4-9(12)13(17)15-10-6-7-14-8-11(10)16(18)19/h2-8H,1H3,(H,14,15,17). The molecule has 1 N–H and O–H groups in total. The molecule has 8 nitrogen and oxygen atoms in total. The van der Waals surface area contributed by atoms with Gasteiger partial charge in [-0.25, -0.2) is 8.42 Å². The van der Waals surface area contributed by atoms with E-state index in [2.05, 4.69) is 10.3 Å². The van der Waals surface area contributed by atoms with Gasteiger partial charge in [0.25, 0.3) is 5.91 Å². The minimum absolute atomic E-state index is 0.0618. The van der Waals surface area contributed by atoms with Gasteiger partial charge >= 0.3 is 5.69 Å². The summed E-state index contributed by atoms with van der Waals surface area (Å²) < 4.78 is 23.4. The lowest BCUT2D eigenvalue weighted by Crippen LogP contribution is -2.16. The zero-order valence-electron chi connectivity index (χ0n) is 11.4. The fourth-order valence-corrected chi connectivity index (χ4v) is 2.69. The molecular weight excluding hydrogens is 310 g/mol. The predicted octanol–water partition coefficient (Wildman–Crippen LogP) is 1.65. The van der Waals surface area contributed by atoms with Crippen molar-refractivity contribution >= 4 is 27.1 Å². The highest BCUT2D eigenvalue weighted by atomic mass is 32.2. The molecule has 0 atom stereocenters. The summed E-state index contributed by atoms with van der Waals surface area (Å²) in [4.78, 5) is 25.9. The monoisotopic (exact) mass is 321 g/mol. The molecule has 1 aromatic carbocycles. The molecule has 0 spiro atoms. The lowest BCUT2D eigenvalue weighted by Gasteiger charge is -2.09. The zero-order valence-corrected chi connectivity index (χ0v) is 12.2. The molecule has 2 aromatic rings. The summed E-state index contributed by atoms with van der Waals surface area (Å²) in [7, 11) is -3.60. The van der Waals surface area contributed by atoms with Crippen molar-refractivity contribution in [2.45, 2.75) is 4.90 Å². The van der Waals surface area contributed by atoms with Gasteiger partial charge in [-0.1, -0.05) is 12.1 Å². The zero-order chi connectivity index (χ0) is 16.3. The van der Waals surface area contributed by atoms with Crippen LogP contribution in [-0.4, -0.2) is 30.5 Å². The summed E-state index contributed by atoms with van der Waals surface area (Å²) in [6.07, 6.45) is 3.26. The normalized spacial score (nSPS) is 11.0. The van der Waals surface area contributed by atoms with E-state index in [0.717, 1.165) is 12.5 Å². The largest absolute Gasteiger partial charge is 0.316 e. The van der Waals surface area contributed by atoms with Crippen molar-refractivity contribution in [3.63, 3.8) is 0 Å². The van der Waals surface area contributed by atoms with Crippen LogP contribution in [0.4, 0.5) is 11.4 Å². The molecule has 0 fully saturated rings. The molecule has 9 heteroatoms. The lowest BCUT2D eigenvalue weighted by atomic mass is 10.2. The number of hydrogen-bond donors (Lipinski definition) is 1. The lowest BCUT2D eigenvalue weighted by molar-refractivity contribution is -0.384. The Balaban J connectivity index is 2.42. The van der Waals surface area contributed by atoms with E-state index in [4.69, 9.17) is 0 Å². The third kappa shape index (κ3) is 3.26. The molecule has 0 saturated carbocycles. The van der Waals surface area contributed by atoms with Crippen molar-refractivity contribution in [2.75, 3.05) is 11.6 Å². The van der Waals surface area contributed by atoms with Crippen molar-refractivity contribution in [1.82, 2.24) is 4.98 Å². The molecule has 1 aromatic heterocycles. The fourth-order valence-electron chi connectivity index (χ4n) is 1.80. The van der Waals surface area contributed by atoms with Gasteiger partial charge < -0.3 is 5.32 Å². The first-order valence-electron chi connectivity index (χ1n) is 5.99. The number of nitro groups is 1. The number of hydrogen-bond acceptors (Lipinski definition) is 6. The molecule has 1 amide bonds. The summed E-state index contributed by atoms with van der Waals surface area (Å²) >= 11 is 0. The van der Waals surface area contributed by atoms with Crippen molar-refractivity contribution in [1.29, 1.82) is 0 Å². The van der Waals surface area contributed by atoms with E-state index >= 15 is 0 Å². The van der Waals surface area contributed by atoms with E-state index < -0.39 is 20.7 Å².